The van der Waals surface area contributed by atoms with E-state index in [-0.39, 0.29) is 5.75 Å². The fourth-order valence-electron chi connectivity index (χ4n) is 2.13. The van der Waals surface area contributed by atoms with Crippen LogP contribution in [0.5, 0.6) is 5.75 Å². The number of hydrogen-bond donors (Lipinski definition) is 0. The third-order valence-corrected chi connectivity index (χ3v) is 3.84. The van der Waals surface area contributed by atoms with Crippen LogP contribution in [0.1, 0.15) is 24.8 Å². The Bertz CT molecular complexity index is 494. The molecule has 0 bridgehead atoms. The first-order valence-electron chi connectivity index (χ1n) is 5.26. The minimum Gasteiger partial charge on any atom is -0.494 e. The number of carbonyl (C=O) groups excluding carboxylic acids is 1. The quantitative estimate of drug-likeness (QED) is 0.634. The van der Waals surface area contributed by atoms with Gasteiger partial charge in [0.15, 0.2) is 11.6 Å². The highest BCUT2D eigenvalue weighted by atomic mass is 79.9. The molecular weight excluding hydrogens is 289 g/mol. The average molecular weight is 300 g/mol. The van der Waals surface area contributed by atoms with E-state index in [2.05, 4.69) is 20.9 Å². The number of isocyanates is 1. The largest absolute Gasteiger partial charge is 0.494 e. The zero-order valence-corrected chi connectivity index (χ0v) is 10.9. The molecule has 0 N–H and O–H groups in total. The van der Waals surface area contributed by atoms with Crippen LogP contribution in [-0.2, 0) is 10.3 Å². The molecule has 90 valence electrons. The smallest absolute Gasteiger partial charge is 0.235 e. The van der Waals surface area contributed by atoms with E-state index in [9.17, 15) is 9.18 Å². The molecule has 1 aliphatic rings. The number of ether oxygens (including phenoxy) is 1. The maximum Gasteiger partial charge on any atom is 0.235 e. The van der Waals surface area contributed by atoms with Crippen molar-refractivity contribution in [2.45, 2.75) is 24.8 Å². The summed E-state index contributed by atoms with van der Waals surface area (Å²) in [7, 11) is 1.41. The fraction of sp³-hybridized carbons (Fsp3) is 0.417. The third-order valence-electron chi connectivity index (χ3n) is 3.18. The Morgan fingerprint density at radius 3 is 2.71 bits per heavy atom. The molecule has 0 atom stereocenters. The highest BCUT2D eigenvalue weighted by Gasteiger charge is 2.43. The Morgan fingerprint density at radius 1 is 1.53 bits per heavy atom. The molecule has 0 heterocycles. The van der Waals surface area contributed by atoms with Crippen molar-refractivity contribution in [3.8, 4) is 5.75 Å². The van der Waals surface area contributed by atoms with E-state index >= 15 is 0 Å². The molecule has 3 nitrogen and oxygen atoms in total. The summed E-state index contributed by atoms with van der Waals surface area (Å²) in [5, 5.41) is 0. The summed E-state index contributed by atoms with van der Waals surface area (Å²) in [5.74, 6) is -0.295. The number of halogens is 2. The van der Waals surface area contributed by atoms with Gasteiger partial charge in [-0.1, -0.05) is 15.9 Å². The van der Waals surface area contributed by atoms with E-state index in [1.807, 2.05) is 0 Å². The van der Waals surface area contributed by atoms with Crippen molar-refractivity contribution < 1.29 is 13.9 Å². The van der Waals surface area contributed by atoms with Crippen molar-refractivity contribution in [2.75, 3.05) is 7.11 Å². The molecule has 1 aromatic rings. The topological polar surface area (TPSA) is 38.7 Å². The lowest BCUT2D eigenvalue weighted by molar-refractivity contribution is 0.243. The Labute approximate surface area is 107 Å². The molecule has 1 aliphatic carbocycles. The maximum absolute atomic E-state index is 14.2. The van der Waals surface area contributed by atoms with E-state index in [0.29, 0.717) is 22.9 Å². The van der Waals surface area contributed by atoms with Crippen LogP contribution in [0.2, 0.25) is 0 Å². The normalized spacial score (nSPS) is 16.9. The molecule has 17 heavy (non-hydrogen) atoms. The van der Waals surface area contributed by atoms with Gasteiger partial charge < -0.3 is 4.74 Å². The van der Waals surface area contributed by atoms with Crippen LogP contribution >= 0.6 is 15.9 Å². The van der Waals surface area contributed by atoms with E-state index in [4.69, 9.17) is 4.74 Å². The fourth-order valence-corrected chi connectivity index (χ4v) is 2.81. The van der Waals surface area contributed by atoms with Crippen molar-refractivity contribution in [1.82, 2.24) is 0 Å². The van der Waals surface area contributed by atoms with Crippen molar-refractivity contribution in [3.05, 3.63) is 28.0 Å². The average Bonchev–Trinajstić information content (AvgIpc) is 2.26. The maximum atomic E-state index is 14.2. The predicted octanol–water partition coefficient (Wildman–Crippen LogP) is 3.31. The summed E-state index contributed by atoms with van der Waals surface area (Å²) in [6, 6.07) is 3.25. The molecule has 0 aromatic heterocycles. The lowest BCUT2D eigenvalue weighted by Crippen LogP contribution is -2.33. The van der Waals surface area contributed by atoms with Crippen LogP contribution < -0.4 is 4.74 Å². The lowest BCUT2D eigenvalue weighted by Gasteiger charge is -2.38. The summed E-state index contributed by atoms with van der Waals surface area (Å²) in [4.78, 5) is 14.3. The van der Waals surface area contributed by atoms with Crippen LogP contribution in [0.3, 0.4) is 0 Å². The van der Waals surface area contributed by atoms with Gasteiger partial charge in [-0.05, 0) is 31.4 Å². The second-order valence-corrected chi connectivity index (χ2v) is 4.88. The molecule has 1 aromatic carbocycles. The predicted molar refractivity (Wildman–Crippen MR) is 64.3 cm³/mol. The summed E-state index contributed by atoms with van der Waals surface area (Å²) in [5.41, 5.74) is -0.370. The Morgan fingerprint density at radius 2 is 2.24 bits per heavy atom. The van der Waals surface area contributed by atoms with Gasteiger partial charge in [0.2, 0.25) is 6.08 Å². The molecule has 0 aliphatic heterocycles. The van der Waals surface area contributed by atoms with E-state index in [1.54, 1.807) is 18.2 Å². The zero-order valence-electron chi connectivity index (χ0n) is 9.30. The van der Waals surface area contributed by atoms with Crippen LogP contribution in [0.4, 0.5) is 4.39 Å². The molecule has 5 heteroatoms. The van der Waals surface area contributed by atoms with Crippen molar-refractivity contribution in [2.24, 2.45) is 4.99 Å². The monoisotopic (exact) mass is 299 g/mol. The first-order chi connectivity index (χ1) is 8.14. The van der Waals surface area contributed by atoms with Gasteiger partial charge in [0, 0.05) is 10.0 Å². The Balaban J connectivity index is 2.61. The van der Waals surface area contributed by atoms with Gasteiger partial charge in [-0.25, -0.2) is 9.18 Å². The number of hydrogen-bond acceptors (Lipinski definition) is 3. The highest BCUT2D eigenvalue weighted by molar-refractivity contribution is 9.10. The molecular formula is C12H11BrFNO2. The number of rotatable bonds is 3. The van der Waals surface area contributed by atoms with Crippen LogP contribution in [0.15, 0.2) is 21.6 Å². The Hall–Kier alpha value is -1.19. The lowest BCUT2D eigenvalue weighted by atomic mass is 9.72. The summed E-state index contributed by atoms with van der Waals surface area (Å²) < 4.78 is 19.8. The molecule has 0 spiro atoms. The molecule has 1 saturated carbocycles. The summed E-state index contributed by atoms with van der Waals surface area (Å²) >= 11 is 3.31. The number of aliphatic imine (C=N–C) groups is 1. The van der Waals surface area contributed by atoms with Crippen LogP contribution in [-0.4, -0.2) is 13.2 Å². The number of benzene rings is 1. The highest BCUT2D eigenvalue weighted by Crippen LogP contribution is 2.49. The second-order valence-electron chi connectivity index (χ2n) is 4.03. The van der Waals surface area contributed by atoms with Gasteiger partial charge in [-0.2, -0.15) is 4.99 Å². The number of nitrogens with zero attached hydrogens (tertiary/aromatic N) is 1. The minimum atomic E-state index is -0.765. The van der Waals surface area contributed by atoms with Gasteiger partial charge >= 0.3 is 0 Å². The van der Waals surface area contributed by atoms with Crippen LogP contribution in [0, 0.1) is 5.82 Å². The molecule has 0 amide bonds. The van der Waals surface area contributed by atoms with Crippen molar-refractivity contribution in [1.29, 1.82) is 0 Å². The van der Waals surface area contributed by atoms with Crippen molar-refractivity contribution in [3.63, 3.8) is 0 Å². The van der Waals surface area contributed by atoms with Gasteiger partial charge in [0.1, 0.15) is 5.54 Å². The van der Waals surface area contributed by atoms with Crippen LogP contribution in [0.25, 0.3) is 0 Å². The standard InChI is InChI=1S/C12H11BrFNO2/c1-17-9-4-3-8(13)10(11(9)14)12(15-7-16)5-2-6-12/h3-4H,2,5-6H2,1H3. The molecule has 1 fully saturated rings. The van der Waals surface area contributed by atoms with E-state index in [1.165, 1.54) is 7.11 Å². The van der Waals surface area contributed by atoms with E-state index < -0.39 is 11.4 Å². The Kier molecular flexibility index (Phi) is 3.31. The van der Waals surface area contributed by atoms with Crippen molar-refractivity contribution >= 4 is 22.0 Å². The summed E-state index contributed by atoms with van der Waals surface area (Å²) in [6.45, 7) is 0. The van der Waals surface area contributed by atoms with E-state index in [0.717, 1.165) is 6.42 Å². The zero-order chi connectivity index (χ0) is 12.5. The first-order valence-corrected chi connectivity index (χ1v) is 6.05. The SMILES string of the molecule is COc1ccc(Br)c(C2(N=C=O)CCC2)c1F. The van der Waals surface area contributed by atoms with Gasteiger partial charge in [-0.15, -0.1) is 0 Å². The minimum absolute atomic E-state index is 0.163. The number of methoxy groups -OCH3 is 1. The van der Waals surface area contributed by atoms with Gasteiger partial charge in [0.05, 0.1) is 7.11 Å². The third kappa shape index (κ3) is 1.90. The molecule has 0 saturated heterocycles. The molecule has 2 rings (SSSR count). The molecule has 0 radical (unpaired) electrons. The summed E-state index contributed by atoms with van der Waals surface area (Å²) in [6.07, 6.45) is 3.79. The van der Waals surface area contributed by atoms with Gasteiger partial charge in [0.25, 0.3) is 0 Å². The first kappa shape index (κ1) is 12.3. The molecule has 0 unspecified atom stereocenters. The second kappa shape index (κ2) is 4.59. The van der Waals surface area contributed by atoms with Gasteiger partial charge in [-0.3, -0.25) is 0 Å².